The second kappa shape index (κ2) is 5.57. The molecule has 1 aromatic heterocycles. The monoisotopic (exact) mass is 254 g/mol. The van der Waals surface area contributed by atoms with Crippen LogP contribution >= 0.6 is 11.3 Å². The van der Waals surface area contributed by atoms with Crippen molar-refractivity contribution in [3.63, 3.8) is 0 Å². The smallest absolute Gasteiger partial charge is 0.238 e. The van der Waals surface area contributed by atoms with Gasteiger partial charge in [0.25, 0.3) is 0 Å². The molecule has 0 spiro atoms. The summed E-state index contributed by atoms with van der Waals surface area (Å²) in [6.45, 7) is 5.28. The van der Waals surface area contributed by atoms with Gasteiger partial charge >= 0.3 is 0 Å². The molecular weight excluding hydrogens is 236 g/mol. The highest BCUT2D eigenvalue weighted by molar-refractivity contribution is 7.09. The summed E-state index contributed by atoms with van der Waals surface area (Å²) in [5.74, 6) is 0.0733. The zero-order valence-electron chi connectivity index (χ0n) is 10.2. The van der Waals surface area contributed by atoms with Gasteiger partial charge in [0.2, 0.25) is 5.91 Å². The maximum atomic E-state index is 11.8. The SMILES string of the molecule is CNC(=O)C1CNCCN1Cc1csc(C)n1. The Balaban J connectivity index is 2.03. The molecule has 1 fully saturated rings. The van der Waals surface area contributed by atoms with Gasteiger partial charge in [-0.15, -0.1) is 11.3 Å². The number of thiazole rings is 1. The van der Waals surface area contributed by atoms with Crippen LogP contribution in [0.4, 0.5) is 0 Å². The molecule has 1 saturated heterocycles. The van der Waals surface area contributed by atoms with E-state index in [9.17, 15) is 4.79 Å². The van der Waals surface area contributed by atoms with Crippen LogP contribution in [0.25, 0.3) is 0 Å². The van der Waals surface area contributed by atoms with Crippen LogP contribution in [0.3, 0.4) is 0 Å². The lowest BCUT2D eigenvalue weighted by atomic mass is 10.1. The Labute approximate surface area is 105 Å². The molecule has 1 atom stereocenters. The first-order valence-electron chi connectivity index (χ1n) is 5.78. The molecule has 1 aliphatic heterocycles. The van der Waals surface area contributed by atoms with Crippen LogP contribution in [0.1, 0.15) is 10.7 Å². The molecule has 1 aromatic rings. The second-order valence-electron chi connectivity index (χ2n) is 4.16. The molecule has 1 aliphatic rings. The minimum Gasteiger partial charge on any atom is -0.358 e. The molecule has 0 radical (unpaired) electrons. The average Bonchev–Trinajstić information content (AvgIpc) is 2.74. The second-order valence-corrected chi connectivity index (χ2v) is 5.22. The first kappa shape index (κ1) is 12.5. The van der Waals surface area contributed by atoms with Crippen molar-refractivity contribution in [2.45, 2.75) is 19.5 Å². The topological polar surface area (TPSA) is 57.3 Å². The summed E-state index contributed by atoms with van der Waals surface area (Å²) in [5.41, 5.74) is 1.06. The number of carbonyl (C=O) groups is 1. The summed E-state index contributed by atoms with van der Waals surface area (Å²) in [4.78, 5) is 18.4. The molecule has 0 aromatic carbocycles. The fourth-order valence-electron chi connectivity index (χ4n) is 2.05. The van der Waals surface area contributed by atoms with Crippen LogP contribution in [0, 0.1) is 6.92 Å². The molecule has 17 heavy (non-hydrogen) atoms. The number of rotatable bonds is 3. The largest absolute Gasteiger partial charge is 0.358 e. The van der Waals surface area contributed by atoms with Crippen molar-refractivity contribution in [1.29, 1.82) is 0 Å². The summed E-state index contributed by atoms with van der Waals surface area (Å²) in [6.07, 6.45) is 0. The van der Waals surface area contributed by atoms with E-state index >= 15 is 0 Å². The number of hydrogen-bond acceptors (Lipinski definition) is 5. The number of amides is 1. The van der Waals surface area contributed by atoms with Crippen molar-refractivity contribution in [2.75, 3.05) is 26.7 Å². The highest BCUT2D eigenvalue weighted by atomic mass is 32.1. The standard InChI is InChI=1S/C11H18N4OS/c1-8-14-9(7-17-8)6-15-4-3-13-5-10(15)11(16)12-2/h7,10,13H,3-6H2,1-2H3,(H,12,16). The van der Waals surface area contributed by atoms with Gasteiger partial charge in [0.1, 0.15) is 6.04 Å². The molecule has 2 rings (SSSR count). The van der Waals surface area contributed by atoms with Gasteiger partial charge in [-0.3, -0.25) is 9.69 Å². The fraction of sp³-hybridized carbons (Fsp3) is 0.636. The molecule has 1 unspecified atom stereocenters. The Morgan fingerprint density at radius 3 is 3.24 bits per heavy atom. The minimum absolute atomic E-state index is 0.0733. The van der Waals surface area contributed by atoms with E-state index in [-0.39, 0.29) is 11.9 Å². The van der Waals surface area contributed by atoms with E-state index in [1.807, 2.05) is 6.92 Å². The summed E-state index contributed by atoms with van der Waals surface area (Å²) >= 11 is 1.65. The highest BCUT2D eigenvalue weighted by Gasteiger charge is 2.28. The van der Waals surface area contributed by atoms with Crippen molar-refractivity contribution in [1.82, 2.24) is 20.5 Å². The van der Waals surface area contributed by atoms with Crippen molar-refractivity contribution < 1.29 is 4.79 Å². The lowest BCUT2D eigenvalue weighted by molar-refractivity contribution is -0.126. The molecule has 0 saturated carbocycles. The van der Waals surface area contributed by atoms with Gasteiger partial charge in [-0.2, -0.15) is 0 Å². The maximum absolute atomic E-state index is 11.8. The van der Waals surface area contributed by atoms with E-state index in [0.29, 0.717) is 6.54 Å². The van der Waals surface area contributed by atoms with Crippen LogP contribution in [-0.4, -0.2) is 48.5 Å². The Hall–Kier alpha value is -0.980. The molecule has 0 aliphatic carbocycles. The fourth-order valence-corrected chi connectivity index (χ4v) is 2.65. The molecule has 5 nitrogen and oxygen atoms in total. The Morgan fingerprint density at radius 2 is 2.59 bits per heavy atom. The van der Waals surface area contributed by atoms with E-state index in [1.54, 1.807) is 18.4 Å². The predicted molar refractivity (Wildman–Crippen MR) is 68.0 cm³/mol. The van der Waals surface area contributed by atoms with Crippen LogP contribution in [0.5, 0.6) is 0 Å². The van der Waals surface area contributed by atoms with Crippen molar-refractivity contribution in [3.8, 4) is 0 Å². The number of nitrogens with one attached hydrogen (secondary N) is 2. The third-order valence-electron chi connectivity index (χ3n) is 2.93. The number of carbonyl (C=O) groups excluding carboxylic acids is 1. The van der Waals surface area contributed by atoms with Gasteiger partial charge in [-0.1, -0.05) is 0 Å². The molecule has 1 amide bonds. The minimum atomic E-state index is -0.0873. The van der Waals surface area contributed by atoms with Crippen molar-refractivity contribution in [3.05, 3.63) is 16.1 Å². The Kier molecular flexibility index (Phi) is 4.09. The normalized spacial score (nSPS) is 21.4. The van der Waals surface area contributed by atoms with Crippen LogP contribution in [-0.2, 0) is 11.3 Å². The third kappa shape index (κ3) is 3.02. The number of likely N-dealkylation sites (N-methyl/N-ethyl adjacent to an activating group) is 1. The molecule has 6 heteroatoms. The van der Waals surface area contributed by atoms with E-state index in [1.165, 1.54) is 0 Å². The third-order valence-corrected chi connectivity index (χ3v) is 3.76. The lowest BCUT2D eigenvalue weighted by Crippen LogP contribution is -2.56. The van der Waals surface area contributed by atoms with E-state index in [0.717, 1.165) is 30.3 Å². The quantitative estimate of drug-likeness (QED) is 0.795. The summed E-state index contributed by atoms with van der Waals surface area (Å²) < 4.78 is 0. The summed E-state index contributed by atoms with van der Waals surface area (Å²) in [5, 5.41) is 9.11. The number of hydrogen-bond donors (Lipinski definition) is 2. The molecule has 2 heterocycles. The van der Waals surface area contributed by atoms with Crippen molar-refractivity contribution >= 4 is 17.2 Å². The number of aryl methyl sites for hydroxylation is 1. The van der Waals surface area contributed by atoms with E-state index in [2.05, 4.69) is 25.9 Å². The number of nitrogens with zero attached hydrogens (tertiary/aromatic N) is 2. The van der Waals surface area contributed by atoms with Gasteiger partial charge in [0, 0.05) is 38.6 Å². The van der Waals surface area contributed by atoms with Crippen LogP contribution < -0.4 is 10.6 Å². The Morgan fingerprint density at radius 1 is 1.76 bits per heavy atom. The van der Waals surface area contributed by atoms with Crippen LogP contribution in [0.15, 0.2) is 5.38 Å². The lowest BCUT2D eigenvalue weighted by Gasteiger charge is -2.34. The number of piperazine rings is 1. The van der Waals surface area contributed by atoms with Crippen molar-refractivity contribution in [2.24, 2.45) is 0 Å². The zero-order valence-corrected chi connectivity index (χ0v) is 11.0. The van der Waals surface area contributed by atoms with Gasteiger partial charge in [-0.05, 0) is 6.92 Å². The summed E-state index contributed by atoms with van der Waals surface area (Å²) in [7, 11) is 1.68. The number of aromatic nitrogens is 1. The van der Waals surface area contributed by atoms with E-state index in [4.69, 9.17) is 0 Å². The average molecular weight is 254 g/mol. The molecular formula is C11H18N4OS. The Bertz CT molecular complexity index is 393. The predicted octanol–water partition coefficient (Wildman–Crippen LogP) is -0.0287. The van der Waals surface area contributed by atoms with Gasteiger partial charge in [0.05, 0.1) is 10.7 Å². The van der Waals surface area contributed by atoms with Gasteiger partial charge in [0.15, 0.2) is 0 Å². The maximum Gasteiger partial charge on any atom is 0.238 e. The summed E-state index contributed by atoms with van der Waals surface area (Å²) in [6, 6.07) is -0.0873. The molecule has 94 valence electrons. The van der Waals surface area contributed by atoms with Crippen LogP contribution in [0.2, 0.25) is 0 Å². The van der Waals surface area contributed by atoms with Gasteiger partial charge in [-0.25, -0.2) is 4.98 Å². The van der Waals surface area contributed by atoms with Gasteiger partial charge < -0.3 is 10.6 Å². The van der Waals surface area contributed by atoms with E-state index < -0.39 is 0 Å². The first-order valence-corrected chi connectivity index (χ1v) is 6.66. The molecule has 2 N–H and O–H groups in total. The molecule has 0 bridgehead atoms. The first-order chi connectivity index (χ1) is 8.20. The zero-order chi connectivity index (χ0) is 12.3. The highest BCUT2D eigenvalue weighted by Crippen LogP contribution is 2.13.